The molecule has 0 radical (unpaired) electrons. The summed E-state index contributed by atoms with van der Waals surface area (Å²) in [5, 5.41) is 0. The van der Waals surface area contributed by atoms with Crippen LogP contribution >= 0.6 is 0 Å². The van der Waals surface area contributed by atoms with E-state index in [0.29, 0.717) is 0 Å². The first-order chi connectivity index (χ1) is 0. The van der Waals surface area contributed by atoms with E-state index >= 15 is 0 Å². The third-order valence-corrected chi connectivity index (χ3v) is 0. The van der Waals surface area contributed by atoms with Gasteiger partial charge in [-0.15, -0.1) is 0 Å². The van der Waals surface area contributed by atoms with Crippen molar-refractivity contribution in [1.29, 1.82) is 0 Å². The van der Waals surface area contributed by atoms with Gasteiger partial charge < -0.3 is 21.9 Å². The monoisotopic (exact) mass is 232 g/mol. The van der Waals surface area contributed by atoms with Crippen LogP contribution in [0.4, 0.5) is 0 Å². The molecule has 0 rings (SSSR count). The van der Waals surface area contributed by atoms with Crippen molar-refractivity contribution in [3.8, 4) is 0 Å². The Morgan fingerprint density at radius 3 is 0.429 bits per heavy atom. The van der Waals surface area contributed by atoms with Gasteiger partial charge in [-0.25, -0.2) is 0 Å². The molecule has 0 aliphatic rings. The van der Waals surface area contributed by atoms with Gasteiger partial charge in [0, 0.05) is 21.7 Å². The predicted molar refractivity (Wildman–Crippen MR) is 7.74 cm³/mol. The van der Waals surface area contributed by atoms with E-state index < -0.39 is 0 Å². The van der Waals surface area contributed by atoms with Crippen LogP contribution in [0.25, 0.3) is 0 Å². The molecular formula is H4Ni2O4Ti. The Balaban J connectivity index is 0. The molecule has 4 nitrogen and oxygen atoms in total. The molecule has 4 N–H and O–H groups in total. The zero-order valence-electron chi connectivity index (χ0n) is 2.92. The normalized spacial score (nSPS) is 0. The largest absolute Gasteiger partial charge is 2.00 e. The van der Waals surface area contributed by atoms with Crippen LogP contribution in [0.5, 0.6) is 0 Å². The molecule has 0 heterocycles. The summed E-state index contributed by atoms with van der Waals surface area (Å²) in [7, 11) is 0. The molecule has 0 spiro atoms. The molecule has 0 unspecified atom stereocenters. The maximum atomic E-state index is 0. The summed E-state index contributed by atoms with van der Waals surface area (Å²) in [5.41, 5.74) is 0. The van der Waals surface area contributed by atoms with Gasteiger partial charge >= 0.3 is 33.0 Å². The van der Waals surface area contributed by atoms with Crippen LogP contribution in [-0.2, 0) is 54.7 Å². The van der Waals surface area contributed by atoms with Crippen LogP contribution in [-0.4, -0.2) is 21.9 Å². The molecule has 7 heteroatoms. The van der Waals surface area contributed by atoms with E-state index in [2.05, 4.69) is 0 Å². The first-order valence-electron chi connectivity index (χ1n) is 0. The summed E-state index contributed by atoms with van der Waals surface area (Å²) in [6.45, 7) is 0. The second-order valence-electron chi connectivity index (χ2n) is 0. The van der Waals surface area contributed by atoms with Crippen LogP contribution in [0, 0.1) is 0 Å². The summed E-state index contributed by atoms with van der Waals surface area (Å²) in [4.78, 5) is 0. The van der Waals surface area contributed by atoms with Crippen molar-refractivity contribution in [1.82, 2.24) is 0 Å². The molecule has 7 heavy (non-hydrogen) atoms. The topological polar surface area (TPSA) is 120 Å². The van der Waals surface area contributed by atoms with E-state index in [1.54, 1.807) is 0 Å². The Morgan fingerprint density at radius 1 is 0.429 bits per heavy atom. The number of hydrogen-bond donors (Lipinski definition) is 0. The van der Waals surface area contributed by atoms with E-state index in [-0.39, 0.29) is 76.6 Å². The minimum absolute atomic E-state index is 0. The van der Waals surface area contributed by atoms with Crippen molar-refractivity contribution in [2.24, 2.45) is 0 Å². The molecule has 0 saturated carbocycles. The van der Waals surface area contributed by atoms with Gasteiger partial charge in [0.1, 0.15) is 0 Å². The quantitative estimate of drug-likeness (QED) is 0.513. The minimum Gasteiger partial charge on any atom is -0.870 e. The van der Waals surface area contributed by atoms with Gasteiger partial charge in [0.2, 0.25) is 0 Å². The van der Waals surface area contributed by atoms with Crippen molar-refractivity contribution in [2.45, 2.75) is 0 Å². The molecule has 0 amide bonds. The zero-order valence-corrected chi connectivity index (χ0v) is 6.46. The maximum Gasteiger partial charge on any atom is 2.00 e. The first kappa shape index (κ1) is 204. The van der Waals surface area contributed by atoms with Crippen LogP contribution < -0.4 is 0 Å². The summed E-state index contributed by atoms with van der Waals surface area (Å²) in [6, 6.07) is 0. The molecule has 0 bridgehead atoms. The van der Waals surface area contributed by atoms with Crippen molar-refractivity contribution in [3.63, 3.8) is 0 Å². The molecule has 0 aliphatic carbocycles. The minimum atomic E-state index is 0. The van der Waals surface area contributed by atoms with Gasteiger partial charge in [-0.1, -0.05) is 0 Å². The van der Waals surface area contributed by atoms with E-state index in [9.17, 15) is 0 Å². The van der Waals surface area contributed by atoms with Gasteiger partial charge in [0.05, 0.1) is 0 Å². The molecule has 0 aliphatic heterocycles. The van der Waals surface area contributed by atoms with Gasteiger partial charge in [-0.05, 0) is 0 Å². The zero-order chi connectivity index (χ0) is 0. The fourth-order valence-electron chi connectivity index (χ4n) is 0. The van der Waals surface area contributed by atoms with Gasteiger partial charge in [-0.2, -0.15) is 0 Å². The van der Waals surface area contributed by atoms with Crippen molar-refractivity contribution >= 4 is 0 Å². The molecule has 0 aromatic heterocycles. The van der Waals surface area contributed by atoms with Crippen LogP contribution in [0.3, 0.4) is 0 Å². The Kier molecular flexibility index (Phi) is 3970. The number of hydrogen-bond acceptors (Lipinski definition) is 4. The van der Waals surface area contributed by atoms with Crippen LogP contribution in [0.15, 0.2) is 0 Å². The summed E-state index contributed by atoms with van der Waals surface area (Å²) >= 11 is 0. The SMILES string of the molecule is [Ni+2].[Ni+2].[OH-].[OH-].[OH-].[OH-].[Ti]. The molecule has 0 aromatic carbocycles. The van der Waals surface area contributed by atoms with Crippen molar-refractivity contribution in [2.75, 3.05) is 0 Å². The Labute approximate surface area is 76.4 Å². The Bertz CT molecular complexity index is 9.65. The van der Waals surface area contributed by atoms with Crippen LogP contribution in [0.2, 0.25) is 0 Å². The third-order valence-electron chi connectivity index (χ3n) is 0. The van der Waals surface area contributed by atoms with Crippen molar-refractivity contribution in [3.05, 3.63) is 0 Å². The molecule has 52 valence electrons. The molecule has 0 saturated heterocycles. The smallest absolute Gasteiger partial charge is 0.870 e. The average Bonchev–Trinajstić information content (AvgIpc) is 0. The second-order valence-corrected chi connectivity index (χ2v) is 0. The summed E-state index contributed by atoms with van der Waals surface area (Å²) in [6.07, 6.45) is 0. The second kappa shape index (κ2) is 136. The van der Waals surface area contributed by atoms with E-state index in [0.717, 1.165) is 0 Å². The molecule has 0 aromatic rings. The van der Waals surface area contributed by atoms with E-state index in [1.165, 1.54) is 0 Å². The fourth-order valence-corrected chi connectivity index (χ4v) is 0. The Morgan fingerprint density at radius 2 is 0.429 bits per heavy atom. The summed E-state index contributed by atoms with van der Waals surface area (Å²) < 4.78 is 0. The van der Waals surface area contributed by atoms with E-state index in [4.69, 9.17) is 0 Å². The molecular weight excluding hydrogens is 229 g/mol. The predicted octanol–water partition coefficient (Wildman–Crippen LogP) is -0.715. The summed E-state index contributed by atoms with van der Waals surface area (Å²) in [5.74, 6) is 0. The number of rotatable bonds is 0. The third kappa shape index (κ3) is 97.5. The standard InChI is InChI=1S/2Ni.4H2O.Ti/h;;4*1H2;/q2*+2;;;;;/p-4. The average molecular weight is 233 g/mol. The molecule has 0 fully saturated rings. The molecule has 0 atom stereocenters. The Hall–Kier alpha value is 1.54. The fraction of sp³-hybridized carbons (Fsp3) is 0. The first-order valence-corrected chi connectivity index (χ1v) is 0. The maximum absolute atomic E-state index is 0. The van der Waals surface area contributed by atoms with Crippen molar-refractivity contribution < 1.29 is 76.6 Å². The van der Waals surface area contributed by atoms with Gasteiger partial charge in [0.15, 0.2) is 0 Å². The van der Waals surface area contributed by atoms with Gasteiger partial charge in [-0.3, -0.25) is 0 Å². The van der Waals surface area contributed by atoms with Crippen LogP contribution in [0.1, 0.15) is 0 Å². The van der Waals surface area contributed by atoms with Gasteiger partial charge in [0.25, 0.3) is 0 Å². The van der Waals surface area contributed by atoms with E-state index in [1.807, 2.05) is 0 Å².